The van der Waals surface area contributed by atoms with Crippen LogP contribution >= 0.6 is 27.5 Å². The van der Waals surface area contributed by atoms with Gasteiger partial charge < -0.3 is 5.73 Å². The first-order chi connectivity index (χ1) is 6.16. The van der Waals surface area contributed by atoms with Crippen molar-refractivity contribution in [1.29, 1.82) is 5.26 Å². The van der Waals surface area contributed by atoms with Crippen LogP contribution in [0, 0.1) is 11.3 Å². The minimum atomic E-state index is -0.310. The van der Waals surface area contributed by atoms with E-state index in [2.05, 4.69) is 15.9 Å². The Hall–Kier alpha value is -0.560. The molecule has 0 aliphatic heterocycles. The summed E-state index contributed by atoms with van der Waals surface area (Å²) < 4.78 is 0.806. The van der Waals surface area contributed by atoms with Gasteiger partial charge in [-0.25, -0.2) is 0 Å². The maximum atomic E-state index is 8.47. The third-order valence-electron chi connectivity index (χ3n) is 1.69. The molecule has 1 rings (SSSR count). The van der Waals surface area contributed by atoms with Crippen molar-refractivity contribution < 1.29 is 0 Å². The van der Waals surface area contributed by atoms with E-state index in [0.717, 1.165) is 10.0 Å². The summed E-state index contributed by atoms with van der Waals surface area (Å²) in [6.45, 7) is 0. The minimum Gasteiger partial charge on any atom is -0.323 e. The Kier molecular flexibility index (Phi) is 3.73. The summed E-state index contributed by atoms with van der Waals surface area (Å²) in [5.41, 5.74) is 6.55. The number of nitriles is 1. The molecule has 0 amide bonds. The lowest BCUT2D eigenvalue weighted by Gasteiger charge is -2.10. The summed E-state index contributed by atoms with van der Waals surface area (Å²) in [5.74, 6) is 0. The molecule has 4 heteroatoms. The van der Waals surface area contributed by atoms with Gasteiger partial charge in [-0.15, -0.1) is 0 Å². The second-order valence-electron chi connectivity index (χ2n) is 2.61. The third-order valence-corrected chi connectivity index (χ3v) is 3.00. The number of nitrogens with two attached hydrogens (primary N) is 1. The third kappa shape index (κ3) is 2.44. The zero-order valence-corrected chi connectivity index (χ0v) is 9.14. The molecule has 0 saturated heterocycles. The van der Waals surface area contributed by atoms with Crippen molar-refractivity contribution in [2.24, 2.45) is 5.73 Å². The van der Waals surface area contributed by atoms with Crippen LogP contribution in [0.1, 0.15) is 18.0 Å². The highest BCUT2D eigenvalue weighted by molar-refractivity contribution is 9.10. The zero-order chi connectivity index (χ0) is 9.84. The number of hydrogen-bond acceptors (Lipinski definition) is 2. The van der Waals surface area contributed by atoms with Crippen molar-refractivity contribution in [2.75, 3.05) is 0 Å². The standard InChI is InChI=1S/C9H8BrClN2/c10-7-3-1-2-6(9(7)11)8(13)4-5-12/h1-3,8H,4,13H2. The first-order valence-corrected chi connectivity index (χ1v) is 4.90. The fraction of sp³-hybridized carbons (Fsp3) is 0.222. The van der Waals surface area contributed by atoms with Crippen molar-refractivity contribution >= 4 is 27.5 Å². The SMILES string of the molecule is N#CCC(N)c1cccc(Br)c1Cl. The molecule has 0 aliphatic rings. The lowest BCUT2D eigenvalue weighted by molar-refractivity contribution is 0.748. The van der Waals surface area contributed by atoms with Crippen LogP contribution in [0.25, 0.3) is 0 Å². The molecule has 0 heterocycles. The van der Waals surface area contributed by atoms with Gasteiger partial charge in [0.2, 0.25) is 0 Å². The molecule has 2 nitrogen and oxygen atoms in total. The molecule has 0 aliphatic carbocycles. The lowest BCUT2D eigenvalue weighted by Crippen LogP contribution is -2.09. The van der Waals surface area contributed by atoms with Gasteiger partial charge in [-0.1, -0.05) is 23.7 Å². The number of nitrogens with zero attached hydrogens (tertiary/aromatic N) is 1. The molecular weight excluding hydrogens is 251 g/mol. The quantitative estimate of drug-likeness (QED) is 0.887. The van der Waals surface area contributed by atoms with Gasteiger partial charge in [0, 0.05) is 10.5 Å². The molecule has 1 aromatic carbocycles. The van der Waals surface area contributed by atoms with E-state index in [1.165, 1.54) is 0 Å². The Morgan fingerprint density at radius 1 is 1.62 bits per heavy atom. The molecule has 0 fully saturated rings. The molecule has 0 saturated carbocycles. The highest BCUT2D eigenvalue weighted by Crippen LogP contribution is 2.30. The van der Waals surface area contributed by atoms with Crippen molar-refractivity contribution in [3.05, 3.63) is 33.3 Å². The summed E-state index contributed by atoms with van der Waals surface area (Å²) in [6.07, 6.45) is 0.274. The van der Waals surface area contributed by atoms with Crippen LogP contribution in [0.3, 0.4) is 0 Å². The zero-order valence-electron chi connectivity index (χ0n) is 6.80. The largest absolute Gasteiger partial charge is 0.323 e. The van der Waals surface area contributed by atoms with E-state index in [0.29, 0.717) is 5.02 Å². The second kappa shape index (κ2) is 4.61. The molecule has 1 atom stereocenters. The second-order valence-corrected chi connectivity index (χ2v) is 3.84. The monoisotopic (exact) mass is 258 g/mol. The minimum absolute atomic E-state index is 0.274. The highest BCUT2D eigenvalue weighted by Gasteiger charge is 2.10. The van der Waals surface area contributed by atoms with Gasteiger partial charge in [-0.05, 0) is 27.6 Å². The molecule has 1 aromatic rings. The van der Waals surface area contributed by atoms with Crippen LogP contribution in [-0.2, 0) is 0 Å². The first-order valence-electron chi connectivity index (χ1n) is 3.73. The van der Waals surface area contributed by atoms with E-state index in [9.17, 15) is 0 Å². The number of halogens is 2. The lowest BCUT2D eigenvalue weighted by atomic mass is 10.1. The van der Waals surface area contributed by atoms with E-state index in [1.54, 1.807) is 0 Å². The Labute approximate surface area is 90.4 Å². The van der Waals surface area contributed by atoms with E-state index in [-0.39, 0.29) is 12.5 Å². The summed E-state index contributed by atoms with van der Waals surface area (Å²) >= 11 is 9.28. The summed E-state index contributed by atoms with van der Waals surface area (Å²) in [6, 6.07) is 7.22. The van der Waals surface area contributed by atoms with Crippen molar-refractivity contribution in [1.82, 2.24) is 0 Å². The Morgan fingerprint density at radius 3 is 2.92 bits per heavy atom. The van der Waals surface area contributed by atoms with Gasteiger partial charge in [0.05, 0.1) is 17.5 Å². The topological polar surface area (TPSA) is 49.8 Å². The van der Waals surface area contributed by atoms with E-state index >= 15 is 0 Å². The fourth-order valence-electron chi connectivity index (χ4n) is 1.02. The first kappa shape index (κ1) is 10.5. The predicted molar refractivity (Wildman–Crippen MR) is 56.3 cm³/mol. The highest BCUT2D eigenvalue weighted by atomic mass is 79.9. The molecule has 13 heavy (non-hydrogen) atoms. The van der Waals surface area contributed by atoms with Gasteiger partial charge in [-0.3, -0.25) is 0 Å². The van der Waals surface area contributed by atoms with Crippen LogP contribution < -0.4 is 5.73 Å². The Bertz CT molecular complexity index is 346. The van der Waals surface area contributed by atoms with Gasteiger partial charge in [0.1, 0.15) is 0 Å². The Balaban J connectivity index is 3.02. The van der Waals surface area contributed by atoms with E-state index < -0.39 is 0 Å². The summed E-state index contributed by atoms with van der Waals surface area (Å²) in [7, 11) is 0. The van der Waals surface area contributed by atoms with Crippen molar-refractivity contribution in [3.63, 3.8) is 0 Å². The van der Waals surface area contributed by atoms with Crippen molar-refractivity contribution in [3.8, 4) is 6.07 Å². The maximum absolute atomic E-state index is 8.47. The van der Waals surface area contributed by atoms with Crippen LogP contribution in [0.4, 0.5) is 0 Å². The molecule has 68 valence electrons. The molecule has 1 unspecified atom stereocenters. The molecule has 0 spiro atoms. The smallest absolute Gasteiger partial charge is 0.0641 e. The van der Waals surface area contributed by atoms with Crippen LogP contribution in [-0.4, -0.2) is 0 Å². The van der Waals surface area contributed by atoms with Gasteiger partial charge in [-0.2, -0.15) is 5.26 Å². The van der Waals surface area contributed by atoms with Gasteiger partial charge in [0.15, 0.2) is 0 Å². The molecule has 2 N–H and O–H groups in total. The van der Waals surface area contributed by atoms with Crippen LogP contribution in [0.15, 0.2) is 22.7 Å². The molecule has 0 radical (unpaired) electrons. The Morgan fingerprint density at radius 2 is 2.31 bits per heavy atom. The van der Waals surface area contributed by atoms with Crippen LogP contribution in [0.2, 0.25) is 5.02 Å². The van der Waals surface area contributed by atoms with Crippen LogP contribution in [0.5, 0.6) is 0 Å². The maximum Gasteiger partial charge on any atom is 0.0641 e. The number of rotatable bonds is 2. The normalized spacial score (nSPS) is 12.2. The van der Waals surface area contributed by atoms with Gasteiger partial charge in [0.25, 0.3) is 0 Å². The average Bonchev–Trinajstić information content (AvgIpc) is 2.10. The van der Waals surface area contributed by atoms with E-state index in [4.69, 9.17) is 22.6 Å². The van der Waals surface area contributed by atoms with Gasteiger partial charge >= 0.3 is 0 Å². The average molecular weight is 260 g/mol. The number of hydrogen-bond donors (Lipinski definition) is 1. The fourth-order valence-corrected chi connectivity index (χ4v) is 1.66. The summed E-state index contributed by atoms with van der Waals surface area (Å²) in [4.78, 5) is 0. The van der Waals surface area contributed by atoms with E-state index in [1.807, 2.05) is 24.3 Å². The van der Waals surface area contributed by atoms with Crippen molar-refractivity contribution in [2.45, 2.75) is 12.5 Å². The number of benzene rings is 1. The molecular formula is C9H8BrClN2. The molecule has 0 bridgehead atoms. The molecule has 0 aromatic heterocycles. The predicted octanol–water partition coefficient (Wildman–Crippen LogP) is 3.02. The summed E-state index contributed by atoms with van der Waals surface area (Å²) in [5, 5.41) is 9.06.